The van der Waals surface area contributed by atoms with Crippen molar-refractivity contribution >= 4 is 23.0 Å². The molecule has 102 valence electrons. The maximum Gasteiger partial charge on any atom is 0.136 e. The van der Waals surface area contributed by atoms with Crippen molar-refractivity contribution in [1.82, 2.24) is 4.72 Å². The lowest BCUT2D eigenvalue weighted by molar-refractivity contribution is 0.517. The van der Waals surface area contributed by atoms with Crippen LogP contribution in [0, 0.1) is 0 Å². The lowest BCUT2D eigenvalue weighted by atomic mass is 10.1. The Bertz CT molecular complexity index is 378. The van der Waals surface area contributed by atoms with Gasteiger partial charge in [0, 0.05) is 16.4 Å². The Morgan fingerprint density at radius 1 is 1.33 bits per heavy atom. The summed E-state index contributed by atoms with van der Waals surface area (Å²) < 4.78 is 14.8. The molecule has 1 N–H and O–H groups in total. The lowest BCUT2D eigenvalue weighted by Crippen LogP contribution is -2.43. The van der Waals surface area contributed by atoms with E-state index in [4.69, 9.17) is 11.6 Å². The van der Waals surface area contributed by atoms with Crippen molar-refractivity contribution in [1.29, 1.82) is 0 Å². The van der Waals surface area contributed by atoms with Crippen LogP contribution in [-0.4, -0.2) is 15.3 Å². The van der Waals surface area contributed by atoms with Crippen molar-refractivity contribution in [3.8, 4) is 0 Å². The van der Waals surface area contributed by atoms with Crippen molar-refractivity contribution in [3.05, 3.63) is 34.9 Å². The molecule has 0 aliphatic rings. The quantitative estimate of drug-likeness (QED) is 0.838. The van der Waals surface area contributed by atoms with Gasteiger partial charge in [0.05, 0.1) is 6.04 Å². The highest BCUT2D eigenvalue weighted by Crippen LogP contribution is 2.18. The number of halogens is 1. The molecule has 0 amide bonds. The van der Waals surface area contributed by atoms with E-state index in [0.29, 0.717) is 0 Å². The van der Waals surface area contributed by atoms with E-state index >= 15 is 0 Å². The number of nitrogens with one attached hydrogen (secondary N) is 1. The molecule has 1 rings (SSSR count). The highest BCUT2D eigenvalue weighted by molar-refractivity contribution is 7.90. The van der Waals surface area contributed by atoms with Crippen molar-refractivity contribution in [2.45, 2.75) is 51.3 Å². The first-order chi connectivity index (χ1) is 8.30. The minimum absolute atomic E-state index is 0.210. The summed E-state index contributed by atoms with van der Waals surface area (Å²) in [6.07, 6.45) is 1.82. The topological polar surface area (TPSA) is 35.1 Å². The predicted molar refractivity (Wildman–Crippen MR) is 80.3 cm³/mol. The lowest BCUT2D eigenvalue weighted by Gasteiger charge is -2.26. The molecule has 0 bridgehead atoms. The molecule has 0 spiro atoms. The van der Waals surface area contributed by atoms with Gasteiger partial charge in [-0.3, -0.25) is 0 Å². The van der Waals surface area contributed by atoms with Crippen molar-refractivity contribution in [2.24, 2.45) is 0 Å². The maximum absolute atomic E-state index is 11.9. The Morgan fingerprint density at radius 3 is 2.50 bits per heavy atom. The van der Waals surface area contributed by atoms with Gasteiger partial charge in [0.25, 0.3) is 0 Å². The SMILES string of the molecule is C[C@@H](CCc1ccccc1Cl)N[S+]([O-])C(C)(C)C. The van der Waals surface area contributed by atoms with E-state index in [1.54, 1.807) is 0 Å². The van der Waals surface area contributed by atoms with E-state index in [9.17, 15) is 4.55 Å². The molecular weight excluding hydrogens is 266 g/mol. The van der Waals surface area contributed by atoms with Crippen LogP contribution in [0.5, 0.6) is 0 Å². The Labute approximate surface area is 118 Å². The Balaban J connectivity index is 2.43. The van der Waals surface area contributed by atoms with Crippen molar-refractivity contribution in [2.75, 3.05) is 0 Å². The van der Waals surface area contributed by atoms with Gasteiger partial charge in [-0.25, -0.2) is 0 Å². The second-order valence-corrected chi connectivity index (χ2v) is 7.94. The maximum atomic E-state index is 11.9. The third-order valence-corrected chi connectivity index (χ3v) is 4.77. The molecule has 0 heterocycles. The molecule has 0 aliphatic carbocycles. The van der Waals surface area contributed by atoms with Crippen LogP contribution in [0.25, 0.3) is 0 Å². The van der Waals surface area contributed by atoms with Gasteiger partial charge in [0.2, 0.25) is 0 Å². The first kappa shape index (κ1) is 15.8. The van der Waals surface area contributed by atoms with Crippen LogP contribution in [-0.2, 0) is 17.8 Å². The van der Waals surface area contributed by atoms with Gasteiger partial charge in [0.1, 0.15) is 4.75 Å². The summed E-state index contributed by atoms with van der Waals surface area (Å²) in [7, 11) is 0. The van der Waals surface area contributed by atoms with Gasteiger partial charge in [-0.1, -0.05) is 29.8 Å². The first-order valence-electron chi connectivity index (χ1n) is 6.22. The normalized spacial score (nSPS) is 15.4. The van der Waals surface area contributed by atoms with Gasteiger partial charge < -0.3 is 4.55 Å². The summed E-state index contributed by atoms with van der Waals surface area (Å²) in [6.45, 7) is 7.96. The zero-order valence-corrected chi connectivity index (χ0v) is 13.1. The van der Waals surface area contributed by atoms with Crippen LogP contribution in [0.4, 0.5) is 0 Å². The molecule has 1 aromatic carbocycles. The number of rotatable bonds is 5. The number of benzene rings is 1. The highest BCUT2D eigenvalue weighted by Gasteiger charge is 2.27. The molecule has 0 fully saturated rings. The minimum Gasteiger partial charge on any atom is -0.598 e. The van der Waals surface area contributed by atoms with Crippen LogP contribution >= 0.6 is 11.6 Å². The van der Waals surface area contributed by atoms with Gasteiger partial charge in [-0.2, -0.15) is 0 Å². The van der Waals surface area contributed by atoms with Crippen LogP contribution < -0.4 is 4.72 Å². The molecule has 1 unspecified atom stereocenters. The number of hydrogen-bond donors (Lipinski definition) is 1. The molecule has 0 radical (unpaired) electrons. The largest absolute Gasteiger partial charge is 0.598 e. The molecule has 18 heavy (non-hydrogen) atoms. The van der Waals surface area contributed by atoms with Gasteiger partial charge in [-0.15, -0.1) is 4.72 Å². The molecule has 0 aliphatic heterocycles. The monoisotopic (exact) mass is 287 g/mol. The summed E-state index contributed by atoms with van der Waals surface area (Å²) >= 11 is 5.09. The molecule has 2 nitrogen and oxygen atoms in total. The van der Waals surface area contributed by atoms with E-state index < -0.39 is 11.4 Å². The van der Waals surface area contributed by atoms with Crippen LogP contribution in [0.3, 0.4) is 0 Å². The average molecular weight is 288 g/mol. The Kier molecular flexibility index (Phi) is 5.99. The third kappa shape index (κ3) is 5.19. The van der Waals surface area contributed by atoms with Crippen molar-refractivity contribution < 1.29 is 4.55 Å². The molecule has 0 saturated carbocycles. The molecule has 4 heteroatoms. The standard InChI is InChI=1S/C14H22ClNOS/c1-11(16-18(17)14(2,3)4)9-10-12-7-5-6-8-13(12)15/h5-8,11,16H,9-10H2,1-4H3/t11-,18?/m0/s1. The second-order valence-electron chi connectivity index (χ2n) is 5.53. The third-order valence-electron chi connectivity index (χ3n) is 2.67. The molecule has 0 aromatic heterocycles. The second kappa shape index (κ2) is 6.80. The zero-order valence-electron chi connectivity index (χ0n) is 11.5. The molecular formula is C14H22ClNOS. The Morgan fingerprint density at radius 2 is 1.94 bits per heavy atom. The van der Waals surface area contributed by atoms with E-state index in [1.807, 2.05) is 45.0 Å². The minimum atomic E-state index is -1.01. The van der Waals surface area contributed by atoms with Crippen LogP contribution in [0.2, 0.25) is 5.02 Å². The fourth-order valence-corrected chi connectivity index (χ4v) is 2.56. The predicted octanol–water partition coefficient (Wildman–Crippen LogP) is 3.71. The van der Waals surface area contributed by atoms with Gasteiger partial charge in [0.15, 0.2) is 0 Å². The van der Waals surface area contributed by atoms with E-state index in [2.05, 4.69) is 11.6 Å². The average Bonchev–Trinajstić information content (AvgIpc) is 2.26. The number of hydrogen-bond acceptors (Lipinski definition) is 2. The Hall–Kier alpha value is -0.220. The summed E-state index contributed by atoms with van der Waals surface area (Å²) in [4.78, 5) is 0. The van der Waals surface area contributed by atoms with E-state index in [-0.39, 0.29) is 10.8 Å². The summed E-state index contributed by atoms with van der Waals surface area (Å²) in [6, 6.07) is 8.08. The van der Waals surface area contributed by atoms with Gasteiger partial charge in [-0.05, 0) is 52.2 Å². The van der Waals surface area contributed by atoms with Crippen LogP contribution in [0.1, 0.15) is 39.7 Å². The molecule has 2 atom stereocenters. The number of aryl methyl sites for hydroxylation is 1. The fraction of sp³-hybridized carbons (Fsp3) is 0.571. The summed E-state index contributed by atoms with van der Waals surface area (Å²) in [5.41, 5.74) is 1.15. The van der Waals surface area contributed by atoms with E-state index in [0.717, 1.165) is 23.4 Å². The van der Waals surface area contributed by atoms with E-state index in [1.165, 1.54) is 0 Å². The van der Waals surface area contributed by atoms with Crippen LogP contribution in [0.15, 0.2) is 24.3 Å². The zero-order chi connectivity index (χ0) is 13.8. The van der Waals surface area contributed by atoms with Crippen molar-refractivity contribution in [3.63, 3.8) is 0 Å². The first-order valence-corrected chi connectivity index (χ1v) is 7.75. The fourth-order valence-electron chi connectivity index (χ4n) is 1.49. The van der Waals surface area contributed by atoms with Gasteiger partial charge >= 0.3 is 0 Å². The smallest absolute Gasteiger partial charge is 0.136 e. The summed E-state index contributed by atoms with van der Waals surface area (Å²) in [5, 5.41) is 0.807. The summed E-state index contributed by atoms with van der Waals surface area (Å²) in [5.74, 6) is 0. The highest BCUT2D eigenvalue weighted by atomic mass is 35.5. The molecule has 0 saturated heterocycles. The molecule has 1 aromatic rings.